The maximum atomic E-state index is 13.0. The summed E-state index contributed by atoms with van der Waals surface area (Å²) in [5.41, 5.74) is 4.62. The second-order valence-corrected chi connectivity index (χ2v) is 5.76. The number of ether oxygens (including phenoxy) is 1. The smallest absolute Gasteiger partial charge is 0.132 e. The first-order valence-corrected chi connectivity index (χ1v) is 7.93. The topological polar surface area (TPSA) is 27.1 Å². The maximum Gasteiger partial charge on any atom is 0.132 e. The van der Waals surface area contributed by atoms with Gasteiger partial charge in [0, 0.05) is 23.8 Å². The van der Waals surface area contributed by atoms with E-state index >= 15 is 0 Å². The number of hydrogen-bond acceptors (Lipinski definition) is 2. The van der Waals surface area contributed by atoms with E-state index in [1.807, 2.05) is 6.20 Å². The predicted octanol–water partition coefficient (Wildman–Crippen LogP) is 5.20. The zero-order chi connectivity index (χ0) is 16.4. The highest BCUT2D eigenvalue weighted by atomic mass is 35.5. The minimum absolute atomic E-state index is 0. The molecule has 1 aromatic carbocycles. The van der Waals surface area contributed by atoms with Gasteiger partial charge in [-0.2, -0.15) is 0 Å². The van der Waals surface area contributed by atoms with Gasteiger partial charge in [-0.25, -0.2) is 4.39 Å². The molecule has 0 radical (unpaired) electrons. The fourth-order valence-corrected chi connectivity index (χ4v) is 2.96. The van der Waals surface area contributed by atoms with E-state index in [1.165, 1.54) is 28.8 Å². The van der Waals surface area contributed by atoms with Gasteiger partial charge in [-0.3, -0.25) is 4.98 Å². The van der Waals surface area contributed by atoms with Crippen molar-refractivity contribution in [2.75, 3.05) is 0 Å². The van der Waals surface area contributed by atoms with Crippen LogP contribution >= 0.6 is 12.4 Å². The van der Waals surface area contributed by atoms with Crippen LogP contribution in [0, 0.1) is 19.7 Å². The van der Waals surface area contributed by atoms with Crippen LogP contribution in [0.3, 0.4) is 0 Å². The van der Waals surface area contributed by atoms with Gasteiger partial charge in [0.1, 0.15) is 23.9 Å². The van der Waals surface area contributed by atoms with Crippen molar-refractivity contribution < 1.29 is 9.13 Å². The molecule has 0 aliphatic heterocycles. The summed E-state index contributed by atoms with van der Waals surface area (Å²) < 4.78 is 21.1. The first-order chi connectivity index (χ1) is 11.1. The van der Waals surface area contributed by atoms with Crippen molar-refractivity contribution in [3.63, 3.8) is 0 Å². The molecule has 24 heavy (non-hydrogen) atoms. The highest BCUT2D eigenvalue weighted by molar-refractivity contribution is 5.86. The number of rotatable bonds is 5. The fraction of sp³-hybridized carbons (Fsp3) is 0.316. The van der Waals surface area contributed by atoms with Gasteiger partial charge < -0.3 is 9.30 Å². The standard InChI is InChI=1S/C19H21FN2O.ClH/c1-4-11-22-14(3)13(2)17-9-10-21-18(19(17)22)12-23-16-7-5-15(20)6-8-16;/h5-10H,4,11-12H2,1-3H3;1H. The molecule has 0 atom stereocenters. The first-order valence-electron chi connectivity index (χ1n) is 7.93. The van der Waals surface area contributed by atoms with Crippen LogP contribution in [0.4, 0.5) is 4.39 Å². The Balaban J connectivity index is 0.00000208. The quantitative estimate of drug-likeness (QED) is 0.633. The maximum absolute atomic E-state index is 13.0. The molecule has 0 unspecified atom stereocenters. The van der Waals surface area contributed by atoms with E-state index in [2.05, 4.69) is 36.4 Å². The average molecular weight is 349 g/mol. The van der Waals surface area contributed by atoms with Crippen molar-refractivity contribution in [2.45, 2.75) is 40.3 Å². The van der Waals surface area contributed by atoms with E-state index in [0.717, 1.165) is 24.2 Å². The van der Waals surface area contributed by atoms with E-state index in [1.54, 1.807) is 12.1 Å². The van der Waals surface area contributed by atoms with Crippen LogP contribution in [0.2, 0.25) is 0 Å². The summed E-state index contributed by atoms with van der Waals surface area (Å²) in [6.45, 7) is 7.80. The van der Waals surface area contributed by atoms with Gasteiger partial charge in [-0.1, -0.05) is 6.92 Å². The largest absolute Gasteiger partial charge is 0.487 e. The summed E-state index contributed by atoms with van der Waals surface area (Å²) >= 11 is 0. The van der Waals surface area contributed by atoms with Crippen molar-refractivity contribution >= 4 is 23.3 Å². The Bertz CT molecular complexity index is 827. The van der Waals surface area contributed by atoms with Crippen LogP contribution in [0.25, 0.3) is 10.9 Å². The van der Waals surface area contributed by atoms with Crippen molar-refractivity contribution in [3.05, 3.63) is 59.3 Å². The van der Waals surface area contributed by atoms with Crippen LogP contribution < -0.4 is 4.74 Å². The lowest BCUT2D eigenvalue weighted by Crippen LogP contribution is -2.05. The third-order valence-electron chi connectivity index (χ3n) is 4.26. The molecule has 0 N–H and O–H groups in total. The van der Waals surface area contributed by atoms with Crippen LogP contribution in [0.1, 0.15) is 30.3 Å². The Hall–Kier alpha value is -2.07. The van der Waals surface area contributed by atoms with Gasteiger partial charge in [-0.15, -0.1) is 12.4 Å². The summed E-state index contributed by atoms with van der Waals surface area (Å²) in [6.07, 6.45) is 2.89. The molecule has 0 fully saturated rings. The summed E-state index contributed by atoms with van der Waals surface area (Å²) in [5, 5.41) is 1.23. The molecule has 0 saturated heterocycles. The fourth-order valence-electron chi connectivity index (χ4n) is 2.96. The zero-order valence-corrected chi connectivity index (χ0v) is 15.0. The molecule has 0 saturated carbocycles. The van der Waals surface area contributed by atoms with Crippen LogP contribution in [-0.4, -0.2) is 9.55 Å². The summed E-state index contributed by atoms with van der Waals surface area (Å²) in [5.74, 6) is 0.382. The second-order valence-electron chi connectivity index (χ2n) is 5.76. The monoisotopic (exact) mass is 348 g/mol. The van der Waals surface area contributed by atoms with Gasteiger partial charge in [0.2, 0.25) is 0 Å². The van der Waals surface area contributed by atoms with Crippen molar-refractivity contribution in [1.29, 1.82) is 0 Å². The highest BCUT2D eigenvalue weighted by Crippen LogP contribution is 2.28. The SMILES string of the molecule is CCCn1c(C)c(C)c2ccnc(COc3ccc(F)cc3)c21.Cl. The molecule has 3 rings (SSSR count). The lowest BCUT2D eigenvalue weighted by molar-refractivity contribution is 0.302. The Kier molecular flexibility index (Phi) is 5.84. The normalized spacial score (nSPS) is 10.7. The summed E-state index contributed by atoms with van der Waals surface area (Å²) in [7, 11) is 0. The molecular formula is C19H22ClFN2O. The summed E-state index contributed by atoms with van der Waals surface area (Å²) in [4.78, 5) is 4.52. The Morgan fingerprint density at radius 3 is 2.50 bits per heavy atom. The summed E-state index contributed by atoms with van der Waals surface area (Å²) in [6, 6.07) is 8.13. The number of aryl methyl sites for hydroxylation is 2. The predicted molar refractivity (Wildman–Crippen MR) is 97.5 cm³/mol. The molecule has 0 bridgehead atoms. The molecule has 0 amide bonds. The number of hydrogen-bond donors (Lipinski definition) is 0. The third kappa shape index (κ3) is 3.39. The molecule has 0 aliphatic carbocycles. The number of nitrogens with zero attached hydrogens (tertiary/aromatic N) is 2. The van der Waals surface area contributed by atoms with Gasteiger partial charge >= 0.3 is 0 Å². The zero-order valence-electron chi connectivity index (χ0n) is 14.2. The minimum Gasteiger partial charge on any atom is -0.487 e. The molecule has 0 aliphatic rings. The Morgan fingerprint density at radius 1 is 1.12 bits per heavy atom. The van der Waals surface area contributed by atoms with Gasteiger partial charge in [0.05, 0.1) is 5.52 Å². The number of pyridine rings is 1. The molecule has 3 nitrogen and oxygen atoms in total. The number of aromatic nitrogens is 2. The molecule has 2 heterocycles. The van der Waals surface area contributed by atoms with Crippen LogP contribution in [0.5, 0.6) is 5.75 Å². The van der Waals surface area contributed by atoms with Crippen molar-refractivity contribution in [1.82, 2.24) is 9.55 Å². The van der Waals surface area contributed by atoms with E-state index < -0.39 is 0 Å². The number of benzene rings is 1. The second kappa shape index (κ2) is 7.67. The van der Waals surface area contributed by atoms with E-state index in [4.69, 9.17) is 4.74 Å². The van der Waals surface area contributed by atoms with Crippen molar-refractivity contribution in [2.24, 2.45) is 0 Å². The van der Waals surface area contributed by atoms with Crippen LogP contribution in [0.15, 0.2) is 36.5 Å². The molecule has 5 heteroatoms. The van der Waals surface area contributed by atoms with E-state index in [9.17, 15) is 4.39 Å². The van der Waals surface area contributed by atoms with E-state index in [-0.39, 0.29) is 18.2 Å². The van der Waals surface area contributed by atoms with Crippen molar-refractivity contribution in [3.8, 4) is 5.75 Å². The van der Waals surface area contributed by atoms with Crippen LogP contribution in [-0.2, 0) is 13.2 Å². The van der Waals surface area contributed by atoms with E-state index in [0.29, 0.717) is 12.4 Å². The van der Waals surface area contributed by atoms with Gasteiger partial charge in [0.15, 0.2) is 0 Å². The molecule has 0 spiro atoms. The average Bonchev–Trinajstić information content (AvgIpc) is 2.80. The highest BCUT2D eigenvalue weighted by Gasteiger charge is 2.15. The lowest BCUT2D eigenvalue weighted by Gasteiger charge is -2.11. The van der Waals surface area contributed by atoms with Gasteiger partial charge in [-0.05, 0) is 56.2 Å². The minimum atomic E-state index is -0.263. The number of fused-ring (bicyclic) bond motifs is 1. The molecule has 3 aromatic rings. The Labute approximate surface area is 147 Å². The lowest BCUT2D eigenvalue weighted by atomic mass is 10.2. The Morgan fingerprint density at radius 2 is 1.83 bits per heavy atom. The molecule has 128 valence electrons. The van der Waals surface area contributed by atoms with Gasteiger partial charge in [0.25, 0.3) is 0 Å². The number of halogens is 2. The molecular weight excluding hydrogens is 327 g/mol. The third-order valence-corrected chi connectivity index (χ3v) is 4.26. The first kappa shape index (κ1) is 18.3. The molecule has 2 aromatic heterocycles.